The van der Waals surface area contributed by atoms with Crippen molar-refractivity contribution in [3.63, 3.8) is 0 Å². The van der Waals surface area contributed by atoms with Crippen molar-refractivity contribution in [1.82, 2.24) is 29.9 Å². The van der Waals surface area contributed by atoms with Gasteiger partial charge >= 0.3 is 0 Å². The zero-order chi connectivity index (χ0) is 25.7. The van der Waals surface area contributed by atoms with Crippen LogP contribution in [0.5, 0.6) is 11.5 Å². The molecule has 0 radical (unpaired) electrons. The van der Waals surface area contributed by atoms with Crippen LogP contribution in [0.1, 0.15) is 38.6 Å². The van der Waals surface area contributed by atoms with E-state index in [4.69, 9.17) is 9.47 Å². The SMILES string of the molecule is Cc1c(Cc2ccc(F)c(C(=O)N3CCn4c(nnc4-c4ccc5c(c4)OCO5)C3)c2)n[nH]c(=O)c1C. The maximum Gasteiger partial charge on any atom is 0.267 e. The van der Waals surface area contributed by atoms with E-state index in [0.717, 1.165) is 16.7 Å². The van der Waals surface area contributed by atoms with Crippen molar-refractivity contribution in [2.45, 2.75) is 33.4 Å². The Kier molecular flexibility index (Phi) is 5.47. The molecule has 1 amide bonds. The van der Waals surface area contributed by atoms with Crippen LogP contribution in [0.25, 0.3) is 11.4 Å². The van der Waals surface area contributed by atoms with E-state index in [1.165, 1.54) is 6.07 Å². The Morgan fingerprint density at radius 1 is 1.05 bits per heavy atom. The lowest BCUT2D eigenvalue weighted by atomic mass is 10.0. The minimum Gasteiger partial charge on any atom is -0.454 e. The van der Waals surface area contributed by atoms with Gasteiger partial charge in [-0.1, -0.05) is 6.07 Å². The minimum atomic E-state index is -0.593. The van der Waals surface area contributed by atoms with Gasteiger partial charge < -0.3 is 18.9 Å². The molecule has 6 rings (SSSR count). The summed E-state index contributed by atoms with van der Waals surface area (Å²) in [7, 11) is 0. The van der Waals surface area contributed by atoms with Crippen molar-refractivity contribution in [2.24, 2.45) is 0 Å². The highest BCUT2D eigenvalue weighted by atomic mass is 19.1. The second kappa shape index (κ2) is 8.84. The van der Waals surface area contributed by atoms with Crippen LogP contribution in [0.2, 0.25) is 0 Å². The van der Waals surface area contributed by atoms with E-state index in [2.05, 4.69) is 20.4 Å². The van der Waals surface area contributed by atoms with Gasteiger partial charge in [0.15, 0.2) is 23.1 Å². The van der Waals surface area contributed by atoms with Crippen molar-refractivity contribution in [2.75, 3.05) is 13.3 Å². The van der Waals surface area contributed by atoms with E-state index in [9.17, 15) is 14.0 Å². The Morgan fingerprint density at radius 2 is 1.89 bits per heavy atom. The molecule has 0 unspecified atom stereocenters. The molecule has 11 heteroatoms. The van der Waals surface area contributed by atoms with Crippen LogP contribution in [-0.4, -0.2) is 49.1 Å². The van der Waals surface area contributed by atoms with E-state index in [0.29, 0.717) is 53.9 Å². The number of ether oxygens (including phenoxy) is 2. The Labute approximate surface area is 210 Å². The van der Waals surface area contributed by atoms with E-state index in [-0.39, 0.29) is 24.5 Å². The molecule has 4 heterocycles. The lowest BCUT2D eigenvalue weighted by molar-refractivity contribution is 0.0703. The Hall–Kier alpha value is -4.54. The van der Waals surface area contributed by atoms with Gasteiger partial charge in [0.05, 0.1) is 17.8 Å². The van der Waals surface area contributed by atoms with Crippen LogP contribution in [0.3, 0.4) is 0 Å². The molecule has 10 nitrogen and oxygen atoms in total. The van der Waals surface area contributed by atoms with Crippen LogP contribution >= 0.6 is 0 Å². The number of hydrogen-bond donors (Lipinski definition) is 1. The zero-order valence-corrected chi connectivity index (χ0v) is 20.2. The topological polar surface area (TPSA) is 115 Å². The minimum absolute atomic E-state index is 0.0136. The fraction of sp³-hybridized carbons (Fsp3) is 0.269. The predicted molar refractivity (Wildman–Crippen MR) is 130 cm³/mol. The molecule has 0 saturated heterocycles. The highest BCUT2D eigenvalue weighted by Gasteiger charge is 2.28. The lowest BCUT2D eigenvalue weighted by Gasteiger charge is -2.28. The fourth-order valence-electron chi connectivity index (χ4n) is 4.64. The summed E-state index contributed by atoms with van der Waals surface area (Å²) in [6.45, 7) is 4.80. The standard InChI is InChI=1S/C26H23FN6O4/c1-14-15(2)25(34)31-28-20(14)10-16-3-5-19(27)18(9-16)26(35)32-7-8-33-23(12-32)29-30-24(33)17-4-6-21-22(11-17)37-13-36-21/h3-6,9,11H,7-8,10,12-13H2,1-2H3,(H,31,34). The smallest absolute Gasteiger partial charge is 0.267 e. The molecule has 2 aromatic carbocycles. The quantitative estimate of drug-likeness (QED) is 0.456. The van der Waals surface area contributed by atoms with E-state index < -0.39 is 11.7 Å². The van der Waals surface area contributed by atoms with Gasteiger partial charge in [-0.2, -0.15) is 5.10 Å². The fourth-order valence-corrected chi connectivity index (χ4v) is 4.64. The number of carbonyl (C=O) groups is 1. The van der Waals surface area contributed by atoms with E-state index in [1.54, 1.807) is 24.0 Å². The number of nitrogens with one attached hydrogen (secondary N) is 1. The average Bonchev–Trinajstić information content (AvgIpc) is 3.55. The normalized spacial score (nSPS) is 14.1. The summed E-state index contributed by atoms with van der Waals surface area (Å²) < 4.78 is 27.6. The first-order chi connectivity index (χ1) is 17.9. The van der Waals surface area contributed by atoms with E-state index in [1.807, 2.05) is 29.7 Å². The predicted octanol–water partition coefficient (Wildman–Crippen LogP) is 2.76. The van der Waals surface area contributed by atoms with Crippen molar-refractivity contribution in [1.29, 1.82) is 0 Å². The summed E-state index contributed by atoms with van der Waals surface area (Å²) in [5, 5.41) is 15.2. The third-order valence-electron chi connectivity index (χ3n) is 6.93. The molecule has 2 aromatic heterocycles. The van der Waals surface area contributed by atoms with Gasteiger partial charge in [0.2, 0.25) is 6.79 Å². The van der Waals surface area contributed by atoms with Gasteiger partial charge in [-0.3, -0.25) is 9.59 Å². The maximum absolute atomic E-state index is 14.8. The van der Waals surface area contributed by atoms with Gasteiger partial charge in [0.25, 0.3) is 11.5 Å². The van der Waals surface area contributed by atoms with Crippen LogP contribution in [-0.2, 0) is 19.5 Å². The number of rotatable bonds is 4. The molecule has 2 aliphatic heterocycles. The van der Waals surface area contributed by atoms with Gasteiger partial charge in [0, 0.05) is 30.6 Å². The molecule has 0 spiro atoms. The second-order valence-corrected chi connectivity index (χ2v) is 9.13. The Bertz CT molecular complexity index is 1610. The lowest BCUT2D eigenvalue weighted by Crippen LogP contribution is -2.39. The summed E-state index contributed by atoms with van der Waals surface area (Å²) >= 11 is 0. The monoisotopic (exact) mass is 502 g/mol. The first-order valence-electron chi connectivity index (χ1n) is 11.8. The second-order valence-electron chi connectivity index (χ2n) is 9.13. The molecule has 0 fully saturated rings. The van der Waals surface area contributed by atoms with Gasteiger partial charge in [-0.05, 0) is 55.3 Å². The molecule has 2 aliphatic rings. The zero-order valence-electron chi connectivity index (χ0n) is 20.2. The number of halogens is 1. The highest BCUT2D eigenvalue weighted by molar-refractivity contribution is 5.94. The summed E-state index contributed by atoms with van der Waals surface area (Å²) in [5.74, 6) is 1.62. The number of hydrogen-bond acceptors (Lipinski definition) is 7. The van der Waals surface area contributed by atoms with Crippen LogP contribution < -0.4 is 15.0 Å². The number of H-pyrrole nitrogens is 1. The first kappa shape index (κ1) is 22.9. The van der Waals surface area contributed by atoms with Crippen LogP contribution in [0.4, 0.5) is 4.39 Å². The van der Waals surface area contributed by atoms with Gasteiger partial charge in [-0.15, -0.1) is 10.2 Å². The van der Waals surface area contributed by atoms with Crippen molar-refractivity contribution < 1.29 is 18.7 Å². The molecule has 0 saturated carbocycles. The Balaban J connectivity index is 1.23. The van der Waals surface area contributed by atoms with Crippen LogP contribution in [0, 0.1) is 19.7 Å². The van der Waals surface area contributed by atoms with Gasteiger partial charge in [-0.25, -0.2) is 9.49 Å². The molecule has 37 heavy (non-hydrogen) atoms. The molecule has 0 atom stereocenters. The molecular weight excluding hydrogens is 479 g/mol. The molecule has 4 aromatic rings. The number of nitrogens with zero attached hydrogens (tertiary/aromatic N) is 5. The van der Waals surface area contributed by atoms with Crippen molar-refractivity contribution >= 4 is 5.91 Å². The highest BCUT2D eigenvalue weighted by Crippen LogP contribution is 2.36. The first-order valence-corrected chi connectivity index (χ1v) is 11.8. The molecule has 0 bridgehead atoms. The maximum atomic E-state index is 14.8. The molecule has 188 valence electrons. The summed E-state index contributed by atoms with van der Waals surface area (Å²) in [4.78, 5) is 26.7. The largest absolute Gasteiger partial charge is 0.454 e. The number of benzene rings is 2. The summed E-state index contributed by atoms with van der Waals surface area (Å²) in [6.07, 6.45) is 0.358. The molecular formula is C26H23FN6O4. The Morgan fingerprint density at radius 3 is 2.76 bits per heavy atom. The number of aromatic nitrogens is 5. The summed E-state index contributed by atoms with van der Waals surface area (Å²) in [5.41, 5.74) is 3.33. The number of carbonyl (C=O) groups excluding carboxylic acids is 1. The number of amides is 1. The number of fused-ring (bicyclic) bond motifs is 2. The van der Waals surface area contributed by atoms with Crippen molar-refractivity contribution in [3.8, 4) is 22.9 Å². The van der Waals surface area contributed by atoms with Crippen molar-refractivity contribution in [3.05, 3.63) is 86.3 Å². The molecule has 0 aliphatic carbocycles. The average molecular weight is 503 g/mol. The molecule has 1 N–H and O–H groups in total. The van der Waals surface area contributed by atoms with E-state index >= 15 is 0 Å². The van der Waals surface area contributed by atoms with Crippen LogP contribution in [0.15, 0.2) is 41.2 Å². The third-order valence-corrected chi connectivity index (χ3v) is 6.93. The third kappa shape index (κ3) is 4.02. The number of aromatic amines is 1. The summed E-state index contributed by atoms with van der Waals surface area (Å²) in [6, 6.07) is 10.1. The van der Waals surface area contributed by atoms with Gasteiger partial charge in [0.1, 0.15) is 5.82 Å².